The minimum atomic E-state index is -0.00120. The highest BCUT2D eigenvalue weighted by atomic mass is 16.3. The minimum absolute atomic E-state index is 0.00120. The smallest absolute Gasteiger partial charge is 0.0583 e. The summed E-state index contributed by atoms with van der Waals surface area (Å²) in [5.41, 5.74) is 0. The Morgan fingerprint density at radius 1 is 0.941 bits per heavy atom. The van der Waals surface area contributed by atoms with Gasteiger partial charge in [-0.25, -0.2) is 0 Å². The Kier molecular flexibility index (Phi) is 4.57. The van der Waals surface area contributed by atoms with Crippen LogP contribution in [0.5, 0.6) is 0 Å². The summed E-state index contributed by atoms with van der Waals surface area (Å²) >= 11 is 0. The van der Waals surface area contributed by atoms with Crippen LogP contribution in [-0.4, -0.2) is 36.2 Å². The summed E-state index contributed by atoms with van der Waals surface area (Å²) in [5.74, 6) is 1.39. The summed E-state index contributed by atoms with van der Waals surface area (Å²) in [4.78, 5) is 2.35. The molecular weight excluding hydrogens is 210 g/mol. The van der Waals surface area contributed by atoms with Crippen LogP contribution in [0.15, 0.2) is 36.4 Å². The van der Waals surface area contributed by atoms with Crippen molar-refractivity contribution in [3.8, 4) is 0 Å². The lowest BCUT2D eigenvalue weighted by atomic mass is 9.80. The predicted octanol–water partition coefficient (Wildman–Crippen LogP) is 2.40. The minimum Gasteiger partial charge on any atom is -0.393 e. The molecule has 3 rings (SSSR count). The molecule has 94 valence electrons. The van der Waals surface area contributed by atoms with Crippen LogP contribution < -0.4 is 0 Å². The molecule has 1 saturated heterocycles. The molecule has 0 bridgehead atoms. The first-order chi connectivity index (χ1) is 8.27. The molecule has 2 heteroatoms. The molecule has 1 heterocycles. The van der Waals surface area contributed by atoms with Crippen LogP contribution in [0.4, 0.5) is 0 Å². The van der Waals surface area contributed by atoms with E-state index in [1.165, 1.54) is 19.4 Å². The Hall–Kier alpha value is -0.860. The van der Waals surface area contributed by atoms with Crippen LogP contribution >= 0.6 is 0 Å². The second-order valence-corrected chi connectivity index (χ2v) is 5.30. The molecule has 1 aromatic carbocycles. The van der Waals surface area contributed by atoms with Gasteiger partial charge in [0.25, 0.3) is 0 Å². The van der Waals surface area contributed by atoms with E-state index in [4.69, 9.17) is 0 Å². The van der Waals surface area contributed by atoms with E-state index in [9.17, 15) is 5.11 Å². The first kappa shape index (κ1) is 12.6. The number of rotatable bonds is 0. The SMILES string of the molecule is CN1C[C@H]2CCCC(O)[C@H]2C1.c1ccccc1. The number of likely N-dealkylation sites (tertiary alicyclic amines) is 1. The second kappa shape index (κ2) is 6.18. The molecule has 1 N–H and O–H groups in total. The molecule has 0 radical (unpaired) electrons. The summed E-state index contributed by atoms with van der Waals surface area (Å²) in [7, 11) is 2.16. The monoisotopic (exact) mass is 233 g/mol. The number of hydrogen-bond acceptors (Lipinski definition) is 2. The van der Waals surface area contributed by atoms with Crippen molar-refractivity contribution >= 4 is 0 Å². The number of nitrogens with zero attached hydrogens (tertiary/aromatic N) is 1. The molecule has 2 aliphatic rings. The molecule has 2 fully saturated rings. The predicted molar refractivity (Wildman–Crippen MR) is 70.8 cm³/mol. The lowest BCUT2D eigenvalue weighted by Crippen LogP contribution is -2.31. The molecule has 1 aliphatic carbocycles. The fourth-order valence-corrected chi connectivity index (χ4v) is 3.05. The fraction of sp³-hybridized carbons (Fsp3) is 0.600. The van der Waals surface area contributed by atoms with E-state index in [2.05, 4.69) is 11.9 Å². The first-order valence-electron chi connectivity index (χ1n) is 6.64. The van der Waals surface area contributed by atoms with E-state index < -0.39 is 0 Å². The third-order valence-corrected chi connectivity index (χ3v) is 3.91. The topological polar surface area (TPSA) is 23.5 Å². The maximum Gasteiger partial charge on any atom is 0.0583 e. The molecule has 1 aromatic rings. The number of aliphatic hydroxyl groups excluding tert-OH is 1. The lowest BCUT2D eigenvalue weighted by Gasteiger charge is -2.28. The zero-order chi connectivity index (χ0) is 12.1. The van der Waals surface area contributed by atoms with Gasteiger partial charge in [0.15, 0.2) is 0 Å². The third kappa shape index (κ3) is 3.55. The average molecular weight is 233 g/mol. The Bertz CT molecular complexity index is 287. The zero-order valence-electron chi connectivity index (χ0n) is 10.6. The van der Waals surface area contributed by atoms with E-state index in [-0.39, 0.29) is 6.10 Å². The Balaban J connectivity index is 0.000000153. The summed E-state index contributed by atoms with van der Waals surface area (Å²) in [6, 6.07) is 12.0. The van der Waals surface area contributed by atoms with Crippen LogP contribution in [0.2, 0.25) is 0 Å². The van der Waals surface area contributed by atoms with Gasteiger partial charge in [0.1, 0.15) is 0 Å². The highest BCUT2D eigenvalue weighted by Gasteiger charge is 2.37. The molecule has 3 atom stereocenters. The molecule has 1 aliphatic heterocycles. The van der Waals surface area contributed by atoms with Crippen LogP contribution in [-0.2, 0) is 0 Å². The molecule has 0 spiro atoms. The molecule has 1 unspecified atom stereocenters. The normalized spacial score (nSPS) is 32.5. The van der Waals surface area contributed by atoms with Crippen molar-refractivity contribution in [1.82, 2.24) is 4.90 Å². The molecule has 1 saturated carbocycles. The van der Waals surface area contributed by atoms with Gasteiger partial charge in [0, 0.05) is 19.0 Å². The van der Waals surface area contributed by atoms with Crippen molar-refractivity contribution in [3.05, 3.63) is 36.4 Å². The van der Waals surface area contributed by atoms with Crippen LogP contribution in [0, 0.1) is 11.8 Å². The quantitative estimate of drug-likeness (QED) is 0.744. The van der Waals surface area contributed by atoms with E-state index in [1.807, 2.05) is 36.4 Å². The van der Waals surface area contributed by atoms with Gasteiger partial charge in [-0.3, -0.25) is 0 Å². The van der Waals surface area contributed by atoms with Crippen molar-refractivity contribution < 1.29 is 5.11 Å². The summed E-state index contributed by atoms with van der Waals surface area (Å²) < 4.78 is 0. The highest BCUT2D eigenvalue weighted by Crippen LogP contribution is 2.35. The third-order valence-electron chi connectivity index (χ3n) is 3.91. The van der Waals surface area contributed by atoms with Crippen molar-refractivity contribution in [2.45, 2.75) is 25.4 Å². The largest absolute Gasteiger partial charge is 0.393 e. The van der Waals surface area contributed by atoms with E-state index in [1.54, 1.807) is 0 Å². The molecular formula is C15H23NO. The average Bonchev–Trinajstić information content (AvgIpc) is 2.74. The van der Waals surface area contributed by atoms with E-state index >= 15 is 0 Å². The van der Waals surface area contributed by atoms with Gasteiger partial charge in [0.05, 0.1) is 6.10 Å². The van der Waals surface area contributed by atoms with E-state index in [0.717, 1.165) is 18.9 Å². The van der Waals surface area contributed by atoms with Gasteiger partial charge in [-0.2, -0.15) is 0 Å². The number of aliphatic hydroxyl groups is 1. The van der Waals surface area contributed by atoms with Gasteiger partial charge in [-0.15, -0.1) is 0 Å². The number of hydrogen-bond donors (Lipinski definition) is 1. The fourth-order valence-electron chi connectivity index (χ4n) is 3.05. The van der Waals surface area contributed by atoms with Gasteiger partial charge in [0.2, 0.25) is 0 Å². The van der Waals surface area contributed by atoms with Crippen molar-refractivity contribution in [1.29, 1.82) is 0 Å². The highest BCUT2D eigenvalue weighted by molar-refractivity contribution is 4.99. The zero-order valence-corrected chi connectivity index (χ0v) is 10.6. The molecule has 0 aromatic heterocycles. The van der Waals surface area contributed by atoms with Gasteiger partial charge >= 0.3 is 0 Å². The lowest BCUT2D eigenvalue weighted by molar-refractivity contribution is 0.0551. The van der Waals surface area contributed by atoms with Crippen LogP contribution in [0.3, 0.4) is 0 Å². The maximum absolute atomic E-state index is 9.67. The standard InChI is InChI=1S/C9H17NO.C6H6/c1-10-5-7-3-2-4-9(11)8(7)6-10;1-2-4-6-5-3-1/h7-9,11H,2-6H2,1H3;1-6H/t7-,8+,9?;/m1./s1. The maximum atomic E-state index is 9.67. The Morgan fingerprint density at radius 2 is 1.53 bits per heavy atom. The number of benzene rings is 1. The van der Waals surface area contributed by atoms with Crippen molar-refractivity contribution in [3.63, 3.8) is 0 Å². The van der Waals surface area contributed by atoms with Gasteiger partial charge < -0.3 is 10.0 Å². The second-order valence-electron chi connectivity index (χ2n) is 5.30. The van der Waals surface area contributed by atoms with Crippen molar-refractivity contribution in [2.75, 3.05) is 20.1 Å². The molecule has 0 amide bonds. The van der Waals surface area contributed by atoms with Gasteiger partial charge in [-0.05, 0) is 25.8 Å². The van der Waals surface area contributed by atoms with E-state index in [0.29, 0.717) is 5.92 Å². The van der Waals surface area contributed by atoms with Crippen molar-refractivity contribution in [2.24, 2.45) is 11.8 Å². The summed E-state index contributed by atoms with van der Waals surface area (Å²) in [5, 5.41) is 9.67. The summed E-state index contributed by atoms with van der Waals surface area (Å²) in [6.07, 6.45) is 3.61. The Labute approximate surface area is 104 Å². The summed E-state index contributed by atoms with van der Waals surface area (Å²) in [6.45, 7) is 2.33. The first-order valence-corrected chi connectivity index (χ1v) is 6.64. The Morgan fingerprint density at radius 3 is 2.06 bits per heavy atom. The van der Waals surface area contributed by atoms with Crippen LogP contribution in [0.25, 0.3) is 0 Å². The molecule has 2 nitrogen and oxygen atoms in total. The number of fused-ring (bicyclic) bond motifs is 1. The van der Waals surface area contributed by atoms with Crippen LogP contribution in [0.1, 0.15) is 19.3 Å². The molecule has 17 heavy (non-hydrogen) atoms. The van der Waals surface area contributed by atoms with Gasteiger partial charge in [-0.1, -0.05) is 42.8 Å².